The first-order valence-electron chi connectivity index (χ1n) is 2.93. The van der Waals surface area contributed by atoms with Crippen molar-refractivity contribution >= 4 is 23.8 Å². The lowest BCUT2D eigenvalue weighted by atomic mass is 10.5. The number of nitrogens with two attached hydrogens (primary N) is 1. The molecule has 3 N–H and O–H groups in total. The number of carboxylic acids is 1. The van der Waals surface area contributed by atoms with E-state index >= 15 is 0 Å². The van der Waals surface area contributed by atoms with Crippen LogP contribution in [0.15, 0.2) is 4.58 Å². The van der Waals surface area contributed by atoms with Crippen LogP contribution in [0.1, 0.15) is 13.3 Å². The maximum Gasteiger partial charge on any atom is 0.304 e. The molecule has 7 heteroatoms. The average molecular weight is 194 g/mol. The van der Waals surface area contributed by atoms with Crippen LogP contribution >= 0.6 is 11.9 Å². The third-order valence-electron chi connectivity index (χ3n) is 0.460. The van der Waals surface area contributed by atoms with Gasteiger partial charge in [0.1, 0.15) is 0 Å². The van der Waals surface area contributed by atoms with Gasteiger partial charge in [0, 0.05) is 29.2 Å². The molecule has 0 aromatic heterocycles. The molecule has 0 aromatic carbocycles. The fraction of sp³-hybridized carbons (Fsp3) is 0.600. The van der Waals surface area contributed by atoms with Crippen molar-refractivity contribution < 1.29 is 14.7 Å². The van der Waals surface area contributed by atoms with Gasteiger partial charge in [0.05, 0.1) is 6.42 Å². The molecule has 0 aliphatic heterocycles. The first-order chi connectivity index (χ1) is 5.50. The van der Waals surface area contributed by atoms with Crippen molar-refractivity contribution in [2.75, 3.05) is 5.75 Å². The molecule has 0 spiro atoms. The minimum Gasteiger partial charge on any atom is -0.481 e. The molecule has 12 heavy (non-hydrogen) atoms. The Balaban J connectivity index is 0. The van der Waals surface area contributed by atoms with Crippen LogP contribution in [0.25, 0.3) is 0 Å². The van der Waals surface area contributed by atoms with Crippen molar-refractivity contribution in [2.24, 2.45) is 10.3 Å². The molecule has 0 fully saturated rings. The summed E-state index contributed by atoms with van der Waals surface area (Å²) in [5.74, 6) is -0.972. The zero-order chi connectivity index (χ0) is 9.98. The summed E-state index contributed by atoms with van der Waals surface area (Å²) in [6.45, 7) is 1.31. The Labute approximate surface area is 73.6 Å². The lowest BCUT2D eigenvalue weighted by molar-refractivity contribution is -0.136. The van der Waals surface area contributed by atoms with E-state index in [-0.39, 0.29) is 18.1 Å². The molecular weight excluding hydrogens is 184 g/mol. The van der Waals surface area contributed by atoms with E-state index in [4.69, 9.17) is 5.11 Å². The van der Waals surface area contributed by atoms with Gasteiger partial charge in [-0.2, -0.15) is 0 Å². The third kappa shape index (κ3) is 36.6. The number of aliphatic carboxylic acids is 1. The minimum atomic E-state index is -0.902. The van der Waals surface area contributed by atoms with Gasteiger partial charge in [-0.3, -0.25) is 9.59 Å². The number of carbonyl (C=O) groups is 2. The molecule has 0 unspecified atom stereocenters. The average Bonchev–Trinajstić information content (AvgIpc) is 1.86. The normalized spacial score (nSPS) is 7.75. The molecule has 70 valence electrons. The van der Waals surface area contributed by atoms with Gasteiger partial charge in [0.15, 0.2) is 0 Å². The Kier molecular flexibility index (Phi) is 11.1. The lowest BCUT2D eigenvalue weighted by Gasteiger charge is -1.83. The highest BCUT2D eigenvalue weighted by Crippen LogP contribution is 2.01. The van der Waals surface area contributed by atoms with Gasteiger partial charge in [-0.05, 0) is 0 Å². The van der Waals surface area contributed by atoms with E-state index in [9.17, 15) is 14.5 Å². The standard InChI is InChI=1S/C3H5NO3S.C2H5NO/c5-3(6)1-2-8-4-7;1-2(3)4/h1-2H2,(H,5,6);1H3,(H2,3,4). The summed E-state index contributed by atoms with van der Waals surface area (Å²) < 4.78 is 2.41. The van der Waals surface area contributed by atoms with E-state index in [2.05, 4.69) is 10.3 Å². The monoisotopic (exact) mass is 194 g/mol. The van der Waals surface area contributed by atoms with Crippen LogP contribution in [0.5, 0.6) is 0 Å². The molecule has 0 aliphatic rings. The van der Waals surface area contributed by atoms with E-state index < -0.39 is 5.97 Å². The quantitative estimate of drug-likeness (QED) is 0.381. The summed E-state index contributed by atoms with van der Waals surface area (Å²) >= 11 is 0.725. The van der Waals surface area contributed by atoms with E-state index in [1.165, 1.54) is 6.92 Å². The van der Waals surface area contributed by atoms with Crippen molar-refractivity contribution in [2.45, 2.75) is 13.3 Å². The summed E-state index contributed by atoms with van der Waals surface area (Å²) in [6, 6.07) is 0. The summed E-state index contributed by atoms with van der Waals surface area (Å²) in [5, 5.41) is 7.98. The fourth-order valence-electron chi connectivity index (χ4n) is 0.170. The number of primary amides is 1. The number of nitroso groups, excluding NO2 is 1. The van der Waals surface area contributed by atoms with Gasteiger partial charge in [0.2, 0.25) is 5.91 Å². The molecule has 0 aromatic rings. The Morgan fingerprint density at radius 2 is 2.00 bits per heavy atom. The second-order valence-corrected chi connectivity index (χ2v) is 2.48. The zero-order valence-electron chi connectivity index (χ0n) is 6.52. The Hall–Kier alpha value is -1.11. The second kappa shape index (κ2) is 9.89. The predicted octanol–water partition coefficient (Wildman–Crippen LogP) is 0.367. The number of amides is 1. The molecule has 0 heterocycles. The number of hydrogen-bond donors (Lipinski definition) is 2. The fourth-order valence-corrected chi connectivity index (χ4v) is 0.511. The predicted molar refractivity (Wildman–Crippen MR) is 45.4 cm³/mol. The van der Waals surface area contributed by atoms with Crippen molar-refractivity contribution in [3.63, 3.8) is 0 Å². The minimum absolute atomic E-state index is 0.00356. The van der Waals surface area contributed by atoms with Gasteiger partial charge in [0.25, 0.3) is 0 Å². The Bertz CT molecular complexity index is 158. The molecule has 6 nitrogen and oxygen atoms in total. The number of carboxylic acid groups (broad SMARTS) is 1. The Morgan fingerprint density at radius 3 is 2.25 bits per heavy atom. The van der Waals surface area contributed by atoms with Crippen LogP contribution in [0.2, 0.25) is 0 Å². The number of rotatable bonds is 4. The van der Waals surface area contributed by atoms with Gasteiger partial charge >= 0.3 is 5.97 Å². The topological polar surface area (TPSA) is 110 Å². The highest BCUT2D eigenvalue weighted by Gasteiger charge is 1.94. The first-order valence-corrected chi connectivity index (χ1v) is 3.87. The van der Waals surface area contributed by atoms with Crippen LogP contribution in [0.4, 0.5) is 0 Å². The van der Waals surface area contributed by atoms with E-state index in [0.717, 1.165) is 11.9 Å². The number of carbonyl (C=O) groups excluding carboxylic acids is 1. The van der Waals surface area contributed by atoms with Gasteiger partial charge < -0.3 is 10.8 Å². The largest absolute Gasteiger partial charge is 0.481 e. The summed E-state index contributed by atoms with van der Waals surface area (Å²) in [7, 11) is 0. The van der Waals surface area contributed by atoms with Crippen molar-refractivity contribution in [3.8, 4) is 0 Å². The van der Waals surface area contributed by atoms with Crippen LogP contribution in [-0.2, 0) is 9.59 Å². The van der Waals surface area contributed by atoms with Crippen LogP contribution in [0, 0.1) is 4.91 Å². The molecule has 0 saturated carbocycles. The summed E-state index contributed by atoms with van der Waals surface area (Å²) in [5.41, 5.74) is 4.47. The molecule has 0 saturated heterocycles. The van der Waals surface area contributed by atoms with E-state index in [1.54, 1.807) is 0 Å². The van der Waals surface area contributed by atoms with Crippen molar-refractivity contribution in [3.05, 3.63) is 4.91 Å². The highest BCUT2D eigenvalue weighted by molar-refractivity contribution is 7.97. The van der Waals surface area contributed by atoms with Gasteiger partial charge in [-0.25, -0.2) is 0 Å². The van der Waals surface area contributed by atoms with Crippen LogP contribution < -0.4 is 5.73 Å². The molecule has 0 rings (SSSR count). The molecule has 0 bridgehead atoms. The smallest absolute Gasteiger partial charge is 0.304 e. The molecule has 0 aliphatic carbocycles. The summed E-state index contributed by atoms with van der Waals surface area (Å²) in [4.78, 5) is 28.2. The van der Waals surface area contributed by atoms with E-state index in [1.807, 2.05) is 0 Å². The highest BCUT2D eigenvalue weighted by atomic mass is 32.2. The summed E-state index contributed by atoms with van der Waals surface area (Å²) in [6.07, 6.45) is -0.00356. The first kappa shape index (κ1) is 13.5. The van der Waals surface area contributed by atoms with Gasteiger partial charge in [-0.15, -0.1) is 4.91 Å². The van der Waals surface area contributed by atoms with Crippen molar-refractivity contribution in [1.29, 1.82) is 0 Å². The molecule has 0 atom stereocenters. The Morgan fingerprint density at radius 1 is 1.58 bits per heavy atom. The lowest BCUT2D eigenvalue weighted by Crippen LogP contribution is -2.01. The second-order valence-electron chi connectivity index (χ2n) is 1.66. The molecule has 1 amide bonds. The third-order valence-corrected chi connectivity index (χ3v) is 0.952. The maximum atomic E-state index is 9.72. The zero-order valence-corrected chi connectivity index (χ0v) is 7.34. The SMILES string of the molecule is CC(N)=O.O=NSCCC(=O)O. The number of nitrogens with zero attached hydrogens (tertiary/aromatic N) is 1. The molecule has 0 radical (unpaired) electrons. The molecular formula is C5H10N2O4S. The van der Waals surface area contributed by atoms with Crippen LogP contribution in [0.3, 0.4) is 0 Å². The maximum absolute atomic E-state index is 9.72. The van der Waals surface area contributed by atoms with Gasteiger partial charge in [-0.1, -0.05) is 0 Å². The van der Waals surface area contributed by atoms with Crippen LogP contribution in [-0.4, -0.2) is 22.7 Å². The van der Waals surface area contributed by atoms with E-state index in [0.29, 0.717) is 0 Å². The van der Waals surface area contributed by atoms with Crippen molar-refractivity contribution in [1.82, 2.24) is 0 Å². The number of hydrogen-bond acceptors (Lipinski definition) is 5.